The van der Waals surface area contributed by atoms with Gasteiger partial charge in [-0.1, -0.05) is 6.58 Å². The van der Waals surface area contributed by atoms with E-state index in [1.807, 2.05) is 6.07 Å². The minimum Gasteiger partial charge on any atom is -0.497 e. The van der Waals surface area contributed by atoms with Gasteiger partial charge in [0, 0.05) is 35.4 Å². The molecule has 3 rings (SSSR count). The Balaban J connectivity index is 1.86. The van der Waals surface area contributed by atoms with Gasteiger partial charge in [0.15, 0.2) is 0 Å². The molecule has 0 radical (unpaired) electrons. The zero-order chi connectivity index (χ0) is 14.1. The third kappa shape index (κ3) is 2.28. The lowest BCUT2D eigenvalue weighted by Gasteiger charge is -2.19. The number of allylic oxidation sites excluding steroid dienone is 1. The van der Waals surface area contributed by atoms with Gasteiger partial charge in [0.05, 0.1) is 7.11 Å². The van der Waals surface area contributed by atoms with Crippen LogP contribution in [0.1, 0.15) is 24.1 Å². The molecule has 3 nitrogen and oxygen atoms in total. The molecule has 1 aliphatic rings. The number of nitrogens with one attached hydrogen (secondary N) is 1. The van der Waals surface area contributed by atoms with Crippen molar-refractivity contribution in [3.05, 3.63) is 41.7 Å². The Hall–Kier alpha value is -1.90. The largest absolute Gasteiger partial charge is 0.497 e. The third-order valence-electron chi connectivity index (χ3n) is 4.30. The van der Waals surface area contributed by atoms with Crippen molar-refractivity contribution in [3.8, 4) is 5.75 Å². The molecule has 1 aliphatic heterocycles. The van der Waals surface area contributed by atoms with Crippen LogP contribution < -0.4 is 4.74 Å². The summed E-state index contributed by atoms with van der Waals surface area (Å²) in [6.07, 6.45) is 3.46. The zero-order valence-electron chi connectivity index (χ0n) is 12.3. The van der Waals surface area contributed by atoms with Crippen molar-refractivity contribution in [2.45, 2.75) is 26.2 Å². The second kappa shape index (κ2) is 5.23. The minimum atomic E-state index is 0.920. The number of H-pyrrole nitrogens is 1. The Morgan fingerprint density at radius 1 is 1.40 bits per heavy atom. The number of aromatic amines is 1. The van der Waals surface area contributed by atoms with Gasteiger partial charge in [0.25, 0.3) is 0 Å². The first-order valence-corrected chi connectivity index (χ1v) is 7.27. The molecule has 0 aliphatic carbocycles. The number of likely N-dealkylation sites (tertiary alicyclic amines) is 1. The average molecular weight is 270 g/mol. The minimum absolute atomic E-state index is 0.920. The quantitative estimate of drug-likeness (QED) is 0.918. The summed E-state index contributed by atoms with van der Waals surface area (Å²) in [5.41, 5.74) is 5.15. The fourth-order valence-electron chi connectivity index (χ4n) is 3.12. The van der Waals surface area contributed by atoms with Gasteiger partial charge < -0.3 is 14.6 Å². The number of aromatic nitrogens is 1. The second-order valence-corrected chi connectivity index (χ2v) is 5.55. The van der Waals surface area contributed by atoms with Crippen molar-refractivity contribution in [2.24, 2.45) is 0 Å². The summed E-state index contributed by atoms with van der Waals surface area (Å²) in [5.74, 6) is 0.920. The molecular weight excluding hydrogens is 248 g/mol. The second-order valence-electron chi connectivity index (χ2n) is 5.55. The van der Waals surface area contributed by atoms with Crippen molar-refractivity contribution >= 4 is 10.9 Å². The van der Waals surface area contributed by atoms with Crippen LogP contribution in [0.25, 0.3) is 10.9 Å². The van der Waals surface area contributed by atoms with E-state index in [2.05, 4.69) is 35.5 Å². The highest BCUT2D eigenvalue weighted by molar-refractivity contribution is 5.86. The highest BCUT2D eigenvalue weighted by atomic mass is 16.5. The number of hydrogen-bond acceptors (Lipinski definition) is 2. The monoisotopic (exact) mass is 270 g/mol. The topological polar surface area (TPSA) is 28.3 Å². The number of fused-ring (bicyclic) bond motifs is 1. The molecule has 0 saturated carbocycles. The molecule has 1 saturated heterocycles. The maximum Gasteiger partial charge on any atom is 0.119 e. The number of nitrogens with zero attached hydrogens (tertiary/aromatic N) is 1. The van der Waals surface area contributed by atoms with Crippen LogP contribution in [0.15, 0.2) is 30.5 Å². The zero-order valence-corrected chi connectivity index (χ0v) is 12.3. The highest BCUT2D eigenvalue weighted by Gasteiger charge is 2.16. The normalized spacial score (nSPS) is 15.3. The molecule has 1 N–H and O–H groups in total. The molecule has 106 valence electrons. The van der Waals surface area contributed by atoms with Crippen molar-refractivity contribution in [1.82, 2.24) is 9.88 Å². The number of hydrogen-bond donors (Lipinski definition) is 1. The predicted octanol–water partition coefficient (Wildman–Crippen LogP) is 3.64. The molecule has 2 heterocycles. The van der Waals surface area contributed by atoms with E-state index in [1.165, 1.54) is 34.3 Å². The fourth-order valence-corrected chi connectivity index (χ4v) is 3.12. The summed E-state index contributed by atoms with van der Waals surface area (Å²) < 4.78 is 5.34. The van der Waals surface area contributed by atoms with Gasteiger partial charge in [-0.15, -0.1) is 0 Å². The van der Waals surface area contributed by atoms with Crippen LogP contribution in [-0.4, -0.2) is 30.1 Å². The van der Waals surface area contributed by atoms with E-state index in [1.54, 1.807) is 7.11 Å². The molecule has 0 atom stereocenters. The Labute approximate surface area is 120 Å². The number of benzene rings is 1. The summed E-state index contributed by atoms with van der Waals surface area (Å²) in [7, 11) is 1.72. The summed E-state index contributed by atoms with van der Waals surface area (Å²) >= 11 is 0. The van der Waals surface area contributed by atoms with Crippen LogP contribution in [0.3, 0.4) is 0 Å². The molecule has 0 bridgehead atoms. The Kier molecular flexibility index (Phi) is 3.43. The van der Waals surface area contributed by atoms with Gasteiger partial charge in [-0.25, -0.2) is 0 Å². The highest BCUT2D eigenvalue weighted by Crippen LogP contribution is 2.28. The van der Waals surface area contributed by atoms with Crippen LogP contribution >= 0.6 is 0 Å². The maximum absolute atomic E-state index is 5.34. The summed E-state index contributed by atoms with van der Waals surface area (Å²) in [6, 6.07) is 6.23. The van der Waals surface area contributed by atoms with Crippen molar-refractivity contribution in [3.63, 3.8) is 0 Å². The first kappa shape index (κ1) is 13.1. The van der Waals surface area contributed by atoms with Crippen LogP contribution in [-0.2, 0) is 6.42 Å². The molecule has 0 amide bonds. The smallest absolute Gasteiger partial charge is 0.119 e. The van der Waals surface area contributed by atoms with E-state index >= 15 is 0 Å². The van der Waals surface area contributed by atoms with Gasteiger partial charge in [-0.3, -0.25) is 0 Å². The van der Waals surface area contributed by atoms with Crippen LogP contribution in [0.2, 0.25) is 0 Å². The Bertz CT molecular complexity index is 642. The molecule has 0 spiro atoms. The van der Waals surface area contributed by atoms with Crippen LogP contribution in [0, 0.1) is 6.92 Å². The lowest BCUT2D eigenvalue weighted by Crippen LogP contribution is -2.20. The Morgan fingerprint density at radius 2 is 2.25 bits per heavy atom. The molecule has 2 aromatic rings. The summed E-state index contributed by atoms with van der Waals surface area (Å²) in [5, 5.41) is 1.28. The van der Waals surface area contributed by atoms with E-state index in [-0.39, 0.29) is 0 Å². The maximum atomic E-state index is 5.34. The van der Waals surface area contributed by atoms with Gasteiger partial charge >= 0.3 is 0 Å². The summed E-state index contributed by atoms with van der Waals surface area (Å²) in [6.45, 7) is 8.51. The molecular formula is C17H22N2O. The van der Waals surface area contributed by atoms with Gasteiger partial charge in [-0.05, 0) is 49.9 Å². The molecule has 1 aromatic heterocycles. The lowest BCUT2D eigenvalue weighted by molar-refractivity contribution is 0.399. The molecule has 0 unspecified atom stereocenters. The van der Waals surface area contributed by atoms with E-state index < -0.39 is 0 Å². The fraction of sp³-hybridized carbons (Fsp3) is 0.412. The molecule has 3 heteroatoms. The first-order chi connectivity index (χ1) is 9.69. The van der Waals surface area contributed by atoms with Gasteiger partial charge in [0.2, 0.25) is 0 Å². The van der Waals surface area contributed by atoms with E-state index in [4.69, 9.17) is 4.74 Å². The van der Waals surface area contributed by atoms with E-state index in [9.17, 15) is 0 Å². The van der Waals surface area contributed by atoms with Crippen molar-refractivity contribution in [1.29, 1.82) is 0 Å². The van der Waals surface area contributed by atoms with Crippen LogP contribution in [0.4, 0.5) is 0 Å². The van der Waals surface area contributed by atoms with Crippen molar-refractivity contribution in [2.75, 3.05) is 20.2 Å². The number of rotatable bonds is 4. The average Bonchev–Trinajstić information content (AvgIpc) is 2.99. The number of methoxy groups -OCH3 is 1. The molecule has 20 heavy (non-hydrogen) atoms. The summed E-state index contributed by atoms with van der Waals surface area (Å²) in [4.78, 5) is 5.88. The SMILES string of the molecule is C=C1CCCN1CCc1c(C)[nH]c2ccc(OC)cc12. The predicted molar refractivity (Wildman–Crippen MR) is 83.2 cm³/mol. The Morgan fingerprint density at radius 3 is 2.95 bits per heavy atom. The number of ether oxygens (including phenoxy) is 1. The van der Waals surface area contributed by atoms with Gasteiger partial charge in [0.1, 0.15) is 5.75 Å². The van der Waals surface area contributed by atoms with Crippen molar-refractivity contribution < 1.29 is 4.74 Å². The van der Waals surface area contributed by atoms with Gasteiger partial charge in [-0.2, -0.15) is 0 Å². The lowest BCUT2D eigenvalue weighted by atomic mass is 10.1. The third-order valence-corrected chi connectivity index (χ3v) is 4.30. The first-order valence-electron chi connectivity index (χ1n) is 7.27. The molecule has 1 aromatic carbocycles. The van der Waals surface area contributed by atoms with E-state index in [0.717, 1.165) is 31.7 Å². The van der Waals surface area contributed by atoms with E-state index in [0.29, 0.717) is 0 Å². The molecule has 1 fully saturated rings. The number of aryl methyl sites for hydroxylation is 1. The standard InChI is InChI=1S/C17H22N2O/c1-12-5-4-9-19(12)10-8-15-13(2)18-17-7-6-14(20-3)11-16(15)17/h6-7,11,18H,1,4-5,8-10H2,2-3H3. The van der Waals surface area contributed by atoms with Crippen LogP contribution in [0.5, 0.6) is 5.75 Å².